The van der Waals surface area contributed by atoms with Crippen molar-refractivity contribution in [3.8, 4) is 0 Å². The Bertz CT molecular complexity index is 293. The molecule has 3 nitrogen and oxygen atoms in total. The molecule has 0 saturated heterocycles. The average molecular weight is 182 g/mol. The monoisotopic (exact) mass is 182 g/mol. The zero-order valence-electron chi connectivity index (χ0n) is 7.96. The molecule has 2 bridgehead atoms. The lowest BCUT2D eigenvalue weighted by atomic mass is 9.69. The Balaban J connectivity index is 2.44. The van der Waals surface area contributed by atoms with Crippen LogP contribution >= 0.6 is 0 Å². The maximum Gasteiger partial charge on any atom is 0.152 e. The number of fused-ring (bicyclic) bond motifs is 2. The quantitative estimate of drug-likeness (QED) is 0.561. The van der Waals surface area contributed by atoms with Crippen molar-refractivity contribution in [2.45, 2.75) is 38.7 Å². The standard InChI is InChI=1S/C10H14O3/c1-9-3-4-10(2,13)6(8(9)12)5-7(9)11/h6,13H,3-5H2,1-2H3/t6-,9+,10+/m1/s1. The van der Waals surface area contributed by atoms with Crippen molar-refractivity contribution in [2.24, 2.45) is 11.3 Å². The predicted molar refractivity (Wildman–Crippen MR) is 46.1 cm³/mol. The van der Waals surface area contributed by atoms with Crippen LogP contribution in [0.25, 0.3) is 0 Å². The number of carbonyl (C=O) groups is 2. The highest BCUT2D eigenvalue weighted by atomic mass is 16.3. The molecular formula is C10H14O3. The first-order chi connectivity index (χ1) is 5.88. The molecular weight excluding hydrogens is 168 g/mol. The molecule has 72 valence electrons. The summed E-state index contributed by atoms with van der Waals surface area (Å²) in [6, 6.07) is 0. The van der Waals surface area contributed by atoms with Crippen LogP contribution in [0.2, 0.25) is 0 Å². The molecule has 2 rings (SSSR count). The van der Waals surface area contributed by atoms with E-state index in [1.807, 2.05) is 0 Å². The Hall–Kier alpha value is -0.700. The minimum Gasteiger partial charge on any atom is -0.389 e. The number of aliphatic hydroxyl groups is 1. The van der Waals surface area contributed by atoms with Crippen LogP contribution in [0.1, 0.15) is 33.1 Å². The van der Waals surface area contributed by atoms with Gasteiger partial charge in [-0.2, -0.15) is 0 Å². The second kappa shape index (κ2) is 2.21. The molecule has 0 aliphatic heterocycles. The highest BCUT2D eigenvalue weighted by molar-refractivity contribution is 6.14. The molecule has 2 saturated carbocycles. The largest absolute Gasteiger partial charge is 0.389 e. The highest BCUT2D eigenvalue weighted by Gasteiger charge is 2.60. The number of Topliss-reactive ketones (excluding diaryl/α,β-unsaturated/α-hetero) is 2. The minimum atomic E-state index is -0.956. The fourth-order valence-corrected chi connectivity index (χ4v) is 2.47. The van der Waals surface area contributed by atoms with Crippen molar-refractivity contribution in [1.82, 2.24) is 0 Å². The van der Waals surface area contributed by atoms with Crippen molar-refractivity contribution >= 4 is 11.6 Å². The number of carbonyl (C=O) groups excluding carboxylic acids is 2. The molecule has 0 unspecified atom stereocenters. The third kappa shape index (κ3) is 0.937. The van der Waals surface area contributed by atoms with Gasteiger partial charge in [0.05, 0.1) is 16.9 Å². The van der Waals surface area contributed by atoms with Gasteiger partial charge in [0.15, 0.2) is 5.78 Å². The lowest BCUT2D eigenvalue weighted by Gasteiger charge is -2.36. The molecule has 13 heavy (non-hydrogen) atoms. The molecule has 0 heterocycles. The van der Waals surface area contributed by atoms with Crippen molar-refractivity contribution < 1.29 is 14.7 Å². The Morgan fingerprint density at radius 1 is 1.31 bits per heavy atom. The Morgan fingerprint density at radius 3 is 2.46 bits per heavy atom. The van der Waals surface area contributed by atoms with Gasteiger partial charge in [0.2, 0.25) is 0 Å². The van der Waals surface area contributed by atoms with E-state index >= 15 is 0 Å². The van der Waals surface area contributed by atoms with Gasteiger partial charge in [-0.05, 0) is 26.7 Å². The summed E-state index contributed by atoms with van der Waals surface area (Å²) in [7, 11) is 0. The van der Waals surface area contributed by atoms with Crippen LogP contribution in [-0.2, 0) is 9.59 Å². The average Bonchev–Trinajstić information content (AvgIpc) is 2.21. The summed E-state index contributed by atoms with van der Waals surface area (Å²) < 4.78 is 0. The van der Waals surface area contributed by atoms with E-state index in [0.717, 1.165) is 0 Å². The van der Waals surface area contributed by atoms with Gasteiger partial charge in [-0.25, -0.2) is 0 Å². The van der Waals surface area contributed by atoms with Gasteiger partial charge >= 0.3 is 0 Å². The summed E-state index contributed by atoms with van der Waals surface area (Å²) in [4.78, 5) is 23.3. The smallest absolute Gasteiger partial charge is 0.152 e. The fourth-order valence-electron chi connectivity index (χ4n) is 2.47. The van der Waals surface area contributed by atoms with Gasteiger partial charge < -0.3 is 5.11 Å². The van der Waals surface area contributed by atoms with Gasteiger partial charge in [-0.1, -0.05) is 0 Å². The van der Waals surface area contributed by atoms with Gasteiger partial charge in [-0.3, -0.25) is 9.59 Å². The molecule has 0 spiro atoms. The molecule has 2 aliphatic carbocycles. The van der Waals surface area contributed by atoms with E-state index in [0.29, 0.717) is 12.8 Å². The first-order valence-corrected chi connectivity index (χ1v) is 4.68. The fraction of sp³-hybridized carbons (Fsp3) is 0.800. The molecule has 0 radical (unpaired) electrons. The molecule has 0 aromatic carbocycles. The summed E-state index contributed by atoms with van der Waals surface area (Å²) in [5, 5.41) is 9.89. The van der Waals surface area contributed by atoms with Gasteiger partial charge in [0, 0.05) is 6.42 Å². The van der Waals surface area contributed by atoms with Crippen molar-refractivity contribution in [3.05, 3.63) is 0 Å². The number of hydrogen-bond acceptors (Lipinski definition) is 3. The van der Waals surface area contributed by atoms with E-state index in [1.165, 1.54) is 0 Å². The van der Waals surface area contributed by atoms with Crippen LogP contribution in [0.3, 0.4) is 0 Å². The van der Waals surface area contributed by atoms with Crippen molar-refractivity contribution in [3.63, 3.8) is 0 Å². The lowest BCUT2D eigenvalue weighted by molar-refractivity contribution is -0.144. The third-order valence-electron chi connectivity index (χ3n) is 3.75. The first-order valence-electron chi connectivity index (χ1n) is 4.68. The minimum absolute atomic E-state index is 0.0141. The van der Waals surface area contributed by atoms with E-state index in [1.54, 1.807) is 13.8 Å². The highest BCUT2D eigenvalue weighted by Crippen LogP contribution is 2.49. The SMILES string of the molecule is C[C@]12CC[C@](C)(O)[C@H](CC1=O)C2=O. The zero-order valence-corrected chi connectivity index (χ0v) is 7.96. The molecule has 0 amide bonds. The topological polar surface area (TPSA) is 54.4 Å². The molecule has 2 fully saturated rings. The number of rotatable bonds is 0. The van der Waals surface area contributed by atoms with Gasteiger partial charge in [-0.15, -0.1) is 0 Å². The van der Waals surface area contributed by atoms with Crippen LogP contribution in [0, 0.1) is 11.3 Å². The zero-order chi connectivity index (χ0) is 9.85. The third-order valence-corrected chi connectivity index (χ3v) is 3.75. The van der Waals surface area contributed by atoms with Crippen LogP contribution in [-0.4, -0.2) is 22.3 Å². The predicted octanol–water partition coefficient (Wildman–Crippen LogP) is 0.696. The van der Waals surface area contributed by atoms with Gasteiger partial charge in [0.25, 0.3) is 0 Å². The second-order valence-electron chi connectivity index (χ2n) is 4.73. The second-order valence-corrected chi connectivity index (χ2v) is 4.73. The molecule has 1 N–H and O–H groups in total. The summed E-state index contributed by atoms with van der Waals surface area (Å²) in [6.45, 7) is 3.38. The lowest BCUT2D eigenvalue weighted by Crippen LogP contribution is -2.46. The molecule has 3 heteroatoms. The number of ketones is 2. The van der Waals surface area contributed by atoms with Crippen LogP contribution in [0.4, 0.5) is 0 Å². The van der Waals surface area contributed by atoms with E-state index < -0.39 is 16.9 Å². The van der Waals surface area contributed by atoms with E-state index in [2.05, 4.69) is 0 Å². The summed E-state index contributed by atoms with van der Waals surface area (Å²) in [6.07, 6.45) is 1.31. The maximum atomic E-state index is 11.8. The van der Waals surface area contributed by atoms with Crippen LogP contribution in [0.15, 0.2) is 0 Å². The summed E-state index contributed by atoms with van der Waals surface area (Å²) >= 11 is 0. The van der Waals surface area contributed by atoms with Crippen LogP contribution < -0.4 is 0 Å². The molecule has 3 atom stereocenters. The molecule has 2 aliphatic rings. The summed E-state index contributed by atoms with van der Waals surface area (Å²) in [5.74, 6) is -0.479. The van der Waals surface area contributed by atoms with Gasteiger partial charge in [0.1, 0.15) is 5.78 Å². The van der Waals surface area contributed by atoms with E-state index in [4.69, 9.17) is 0 Å². The Morgan fingerprint density at radius 2 is 1.92 bits per heavy atom. The Kier molecular flexibility index (Phi) is 1.51. The van der Waals surface area contributed by atoms with E-state index in [9.17, 15) is 14.7 Å². The van der Waals surface area contributed by atoms with Crippen LogP contribution in [0.5, 0.6) is 0 Å². The Labute approximate surface area is 77.1 Å². The molecule has 0 aromatic heterocycles. The summed E-state index contributed by atoms with van der Waals surface area (Å²) in [5.41, 5.74) is -1.73. The number of hydrogen-bond donors (Lipinski definition) is 1. The van der Waals surface area contributed by atoms with E-state index in [-0.39, 0.29) is 18.0 Å². The molecule has 0 aromatic rings. The first kappa shape index (κ1) is 8.88. The maximum absolute atomic E-state index is 11.8. The van der Waals surface area contributed by atoms with Crippen molar-refractivity contribution in [2.75, 3.05) is 0 Å². The van der Waals surface area contributed by atoms with Crippen molar-refractivity contribution in [1.29, 1.82) is 0 Å². The normalized spacial score (nSPS) is 49.9.